The van der Waals surface area contributed by atoms with Crippen molar-refractivity contribution in [3.8, 4) is 0 Å². The SMILES string of the molecule is CCP(O)(=S)N(SBr)C1CCCCC1. The maximum Gasteiger partial charge on any atom is 0.139 e. The van der Waals surface area contributed by atoms with E-state index < -0.39 is 6.42 Å². The van der Waals surface area contributed by atoms with Crippen LogP contribution in [0.5, 0.6) is 0 Å². The molecule has 0 aliphatic heterocycles. The number of halogens is 1. The highest BCUT2D eigenvalue weighted by Crippen LogP contribution is 2.54. The van der Waals surface area contributed by atoms with Crippen LogP contribution in [0.1, 0.15) is 39.0 Å². The summed E-state index contributed by atoms with van der Waals surface area (Å²) in [7, 11) is 1.45. The van der Waals surface area contributed by atoms with E-state index in [2.05, 4.69) is 14.8 Å². The van der Waals surface area contributed by atoms with Crippen LogP contribution < -0.4 is 0 Å². The second-order valence-electron chi connectivity index (χ2n) is 3.64. The molecule has 0 heterocycles. The van der Waals surface area contributed by atoms with Crippen molar-refractivity contribution in [1.29, 1.82) is 0 Å². The fraction of sp³-hybridized carbons (Fsp3) is 1.00. The van der Waals surface area contributed by atoms with E-state index in [1.54, 1.807) is 0 Å². The predicted octanol–water partition coefficient (Wildman–Crippen LogP) is 3.90. The molecule has 1 rings (SSSR count). The zero-order valence-electron chi connectivity index (χ0n) is 8.36. The second kappa shape index (κ2) is 6.21. The molecule has 0 saturated heterocycles. The Kier molecular flexibility index (Phi) is 5.98. The van der Waals surface area contributed by atoms with Gasteiger partial charge in [-0.05, 0) is 24.6 Å². The first-order valence-corrected chi connectivity index (χ1v) is 10.5. The van der Waals surface area contributed by atoms with Gasteiger partial charge in [0, 0.05) is 37.4 Å². The topological polar surface area (TPSA) is 23.5 Å². The van der Waals surface area contributed by atoms with Gasteiger partial charge in [0.05, 0.1) is 0 Å². The Bertz CT molecular complexity index is 223. The first-order valence-electron chi connectivity index (χ1n) is 5.02. The van der Waals surface area contributed by atoms with E-state index in [9.17, 15) is 4.89 Å². The molecule has 84 valence electrons. The predicted molar refractivity (Wildman–Crippen MR) is 72.3 cm³/mol. The molecule has 0 aromatic heterocycles. The van der Waals surface area contributed by atoms with E-state index in [1.807, 2.05) is 11.0 Å². The minimum atomic E-state index is -2.27. The quantitative estimate of drug-likeness (QED) is 0.627. The summed E-state index contributed by atoms with van der Waals surface area (Å²) in [5.41, 5.74) is 0. The standard InChI is InChI=1S/C8H17BrNOPS2/c1-2-12(11,13)10(14-9)8-6-4-3-5-7-8/h8H,2-7H2,1H3,(H,11,13). The smallest absolute Gasteiger partial charge is 0.139 e. The normalized spacial score (nSPS) is 23.7. The average Bonchev–Trinajstić information content (AvgIpc) is 2.20. The second-order valence-corrected chi connectivity index (χ2v) is 9.46. The maximum absolute atomic E-state index is 10.1. The summed E-state index contributed by atoms with van der Waals surface area (Å²) >= 11 is 8.66. The van der Waals surface area contributed by atoms with Crippen LogP contribution in [0.2, 0.25) is 0 Å². The molecule has 1 fully saturated rings. The van der Waals surface area contributed by atoms with Crippen LogP contribution in [0.15, 0.2) is 0 Å². The van der Waals surface area contributed by atoms with E-state index in [0.29, 0.717) is 12.2 Å². The Morgan fingerprint density at radius 2 is 2.07 bits per heavy atom. The van der Waals surface area contributed by atoms with Crippen molar-refractivity contribution in [3.05, 3.63) is 0 Å². The van der Waals surface area contributed by atoms with Crippen LogP contribution in [-0.4, -0.2) is 21.2 Å². The van der Waals surface area contributed by atoms with Crippen molar-refractivity contribution >= 4 is 43.4 Å². The minimum Gasteiger partial charge on any atom is -0.353 e. The lowest BCUT2D eigenvalue weighted by Gasteiger charge is -2.36. The number of rotatable bonds is 4. The van der Waals surface area contributed by atoms with Crippen molar-refractivity contribution in [2.24, 2.45) is 0 Å². The molecule has 1 N–H and O–H groups in total. The maximum atomic E-state index is 10.1. The molecule has 1 aliphatic carbocycles. The molecular formula is C8H17BrNOPS2. The highest BCUT2D eigenvalue weighted by atomic mass is 79.9. The summed E-state index contributed by atoms with van der Waals surface area (Å²) in [6.07, 6.45) is 4.65. The van der Waals surface area contributed by atoms with E-state index in [4.69, 9.17) is 11.8 Å². The molecule has 1 aliphatic rings. The molecule has 0 aromatic rings. The van der Waals surface area contributed by atoms with Gasteiger partial charge in [0.15, 0.2) is 0 Å². The lowest BCUT2D eigenvalue weighted by Crippen LogP contribution is -2.28. The monoisotopic (exact) mass is 317 g/mol. The van der Waals surface area contributed by atoms with Gasteiger partial charge in [0.25, 0.3) is 0 Å². The first-order chi connectivity index (χ1) is 6.61. The highest BCUT2D eigenvalue weighted by molar-refractivity contribution is 9.50. The zero-order valence-corrected chi connectivity index (χ0v) is 12.5. The van der Waals surface area contributed by atoms with Crippen molar-refractivity contribution in [2.45, 2.75) is 45.1 Å². The fourth-order valence-electron chi connectivity index (χ4n) is 1.80. The molecule has 6 heteroatoms. The molecule has 14 heavy (non-hydrogen) atoms. The van der Waals surface area contributed by atoms with Gasteiger partial charge in [-0.1, -0.05) is 26.2 Å². The van der Waals surface area contributed by atoms with Gasteiger partial charge in [-0.15, -0.1) is 0 Å². The third-order valence-corrected chi connectivity index (χ3v) is 9.16. The molecule has 1 unspecified atom stereocenters. The third-order valence-electron chi connectivity index (χ3n) is 2.68. The van der Waals surface area contributed by atoms with Gasteiger partial charge in [-0.25, -0.2) is 0 Å². The van der Waals surface area contributed by atoms with E-state index in [1.165, 1.54) is 42.5 Å². The number of hydrogen-bond donors (Lipinski definition) is 1. The van der Waals surface area contributed by atoms with Gasteiger partial charge in [-0.2, -0.15) is 4.08 Å². The van der Waals surface area contributed by atoms with Crippen LogP contribution in [0.25, 0.3) is 0 Å². The fourth-order valence-corrected chi connectivity index (χ4v) is 7.99. The summed E-state index contributed by atoms with van der Waals surface area (Å²) in [4.78, 5) is 10.1. The van der Waals surface area contributed by atoms with Crippen LogP contribution in [-0.2, 0) is 11.8 Å². The Morgan fingerprint density at radius 3 is 2.50 bits per heavy atom. The number of hydrogen-bond acceptors (Lipinski definition) is 2. The molecule has 0 bridgehead atoms. The third kappa shape index (κ3) is 3.46. The van der Waals surface area contributed by atoms with Crippen molar-refractivity contribution < 1.29 is 4.89 Å². The van der Waals surface area contributed by atoms with Crippen LogP contribution in [0.4, 0.5) is 0 Å². The molecule has 1 atom stereocenters. The first kappa shape index (κ1) is 13.5. The molecule has 0 spiro atoms. The number of nitrogens with zero attached hydrogens (tertiary/aromatic N) is 1. The van der Waals surface area contributed by atoms with Crippen molar-refractivity contribution in [2.75, 3.05) is 6.16 Å². The summed E-state index contributed by atoms with van der Waals surface area (Å²) in [5.74, 6) is 0. The van der Waals surface area contributed by atoms with Crippen LogP contribution >= 0.6 is 31.6 Å². The Balaban J connectivity index is 2.64. The van der Waals surface area contributed by atoms with Crippen LogP contribution in [0.3, 0.4) is 0 Å². The highest BCUT2D eigenvalue weighted by Gasteiger charge is 2.30. The molecule has 1 saturated carbocycles. The summed E-state index contributed by atoms with van der Waals surface area (Å²) < 4.78 is 2.04. The van der Waals surface area contributed by atoms with Gasteiger partial charge in [0.2, 0.25) is 0 Å². The molecule has 0 radical (unpaired) electrons. The van der Waals surface area contributed by atoms with Crippen molar-refractivity contribution in [1.82, 2.24) is 4.08 Å². The Hall–Kier alpha value is 1.40. The minimum absolute atomic E-state index is 0.476. The average molecular weight is 318 g/mol. The summed E-state index contributed by atoms with van der Waals surface area (Å²) in [6, 6.07) is 0.476. The van der Waals surface area contributed by atoms with Gasteiger partial charge in [-0.3, -0.25) is 0 Å². The molecule has 0 amide bonds. The Labute approximate surface area is 103 Å². The van der Waals surface area contributed by atoms with Gasteiger partial charge >= 0.3 is 0 Å². The molecule has 0 aromatic carbocycles. The van der Waals surface area contributed by atoms with Crippen molar-refractivity contribution in [3.63, 3.8) is 0 Å². The van der Waals surface area contributed by atoms with Gasteiger partial charge in [0.1, 0.15) is 6.42 Å². The van der Waals surface area contributed by atoms with E-state index >= 15 is 0 Å². The van der Waals surface area contributed by atoms with Gasteiger partial charge < -0.3 is 4.89 Å². The summed E-state index contributed by atoms with van der Waals surface area (Å²) in [6.45, 7) is 1.97. The van der Waals surface area contributed by atoms with E-state index in [0.717, 1.165) is 0 Å². The van der Waals surface area contributed by atoms with E-state index in [-0.39, 0.29) is 0 Å². The van der Waals surface area contributed by atoms with Crippen LogP contribution in [0, 0.1) is 0 Å². The Morgan fingerprint density at radius 1 is 1.50 bits per heavy atom. The zero-order chi connectivity index (χ0) is 10.6. The molecular weight excluding hydrogens is 301 g/mol. The molecule has 2 nitrogen and oxygen atoms in total. The summed E-state index contributed by atoms with van der Waals surface area (Å²) in [5, 5.41) is 0. The largest absolute Gasteiger partial charge is 0.353 e. The lowest BCUT2D eigenvalue weighted by molar-refractivity contribution is 0.344. The lowest BCUT2D eigenvalue weighted by atomic mass is 9.96.